The first-order valence-corrected chi connectivity index (χ1v) is 5.20. The summed E-state index contributed by atoms with van der Waals surface area (Å²) in [5.74, 6) is 0.571. The molecule has 0 N–H and O–H groups in total. The van der Waals surface area contributed by atoms with Crippen molar-refractivity contribution < 1.29 is 4.84 Å². The van der Waals surface area contributed by atoms with Crippen LogP contribution in [0.4, 0.5) is 0 Å². The first-order valence-electron chi connectivity index (χ1n) is 5.20. The van der Waals surface area contributed by atoms with Crippen LogP contribution in [0, 0.1) is 5.92 Å². The van der Waals surface area contributed by atoms with E-state index in [1.54, 1.807) is 0 Å². The molecule has 1 heterocycles. The van der Waals surface area contributed by atoms with Crippen molar-refractivity contribution in [3.63, 3.8) is 0 Å². The summed E-state index contributed by atoms with van der Waals surface area (Å²) in [6, 6.07) is 10.8. The molecule has 0 amide bonds. The zero-order valence-corrected chi connectivity index (χ0v) is 8.97. The Hall–Kier alpha value is -0.860. The first-order chi connectivity index (χ1) is 6.70. The SMILES string of the molecule is CC(C)[C@H]1ON1[C@@H](C)c1ccccc1. The Kier molecular flexibility index (Phi) is 2.57. The number of nitrogens with zero attached hydrogens (tertiary/aromatic N) is 1. The summed E-state index contributed by atoms with van der Waals surface area (Å²) < 4.78 is 0. The lowest BCUT2D eigenvalue weighted by Gasteiger charge is -2.10. The van der Waals surface area contributed by atoms with Gasteiger partial charge in [-0.25, -0.2) is 0 Å². The van der Waals surface area contributed by atoms with E-state index in [1.165, 1.54) is 5.56 Å². The van der Waals surface area contributed by atoms with Crippen molar-refractivity contribution in [1.29, 1.82) is 0 Å². The van der Waals surface area contributed by atoms with Crippen LogP contribution >= 0.6 is 0 Å². The van der Waals surface area contributed by atoms with Crippen molar-refractivity contribution in [3.05, 3.63) is 35.9 Å². The molecule has 2 nitrogen and oxygen atoms in total. The van der Waals surface area contributed by atoms with Crippen LogP contribution in [0.2, 0.25) is 0 Å². The van der Waals surface area contributed by atoms with Crippen LogP contribution in [0.25, 0.3) is 0 Å². The normalized spacial score (nSPS) is 27.7. The third-order valence-electron chi connectivity index (χ3n) is 2.67. The highest BCUT2D eigenvalue weighted by molar-refractivity contribution is 5.18. The summed E-state index contributed by atoms with van der Waals surface area (Å²) in [6.07, 6.45) is 0.310. The second-order valence-corrected chi connectivity index (χ2v) is 4.19. The molecular formula is C12H17NO. The molecule has 0 aliphatic carbocycles. The molecule has 1 saturated heterocycles. The zero-order valence-electron chi connectivity index (χ0n) is 8.97. The van der Waals surface area contributed by atoms with Gasteiger partial charge in [0.1, 0.15) is 0 Å². The predicted molar refractivity (Wildman–Crippen MR) is 56.4 cm³/mol. The monoisotopic (exact) mass is 191 g/mol. The number of rotatable bonds is 3. The Morgan fingerprint density at radius 1 is 1.14 bits per heavy atom. The van der Waals surface area contributed by atoms with E-state index in [4.69, 9.17) is 4.84 Å². The summed E-state index contributed by atoms with van der Waals surface area (Å²) in [5.41, 5.74) is 1.32. The van der Waals surface area contributed by atoms with Crippen molar-refractivity contribution >= 4 is 0 Å². The molecule has 2 heteroatoms. The van der Waals surface area contributed by atoms with E-state index in [1.807, 2.05) is 6.07 Å². The van der Waals surface area contributed by atoms with Crippen LogP contribution in [0.3, 0.4) is 0 Å². The van der Waals surface area contributed by atoms with Gasteiger partial charge in [-0.15, -0.1) is 5.06 Å². The van der Waals surface area contributed by atoms with E-state index < -0.39 is 0 Å². The van der Waals surface area contributed by atoms with E-state index in [9.17, 15) is 0 Å². The van der Waals surface area contributed by atoms with Crippen LogP contribution in [0.5, 0.6) is 0 Å². The van der Waals surface area contributed by atoms with Crippen LogP contribution in [-0.4, -0.2) is 11.3 Å². The van der Waals surface area contributed by atoms with Gasteiger partial charge in [0.05, 0.1) is 6.04 Å². The highest BCUT2D eigenvalue weighted by atomic mass is 16.8. The Labute approximate surface area is 85.4 Å². The Bertz CT molecular complexity index is 296. The molecule has 0 spiro atoms. The quantitative estimate of drug-likeness (QED) is 0.682. The van der Waals surface area contributed by atoms with Gasteiger partial charge in [-0.3, -0.25) is 4.84 Å². The minimum Gasteiger partial charge on any atom is -0.274 e. The molecule has 1 fully saturated rings. The summed E-state index contributed by atoms with van der Waals surface area (Å²) in [4.78, 5) is 5.53. The van der Waals surface area contributed by atoms with Gasteiger partial charge >= 0.3 is 0 Å². The van der Waals surface area contributed by atoms with E-state index in [-0.39, 0.29) is 0 Å². The Morgan fingerprint density at radius 3 is 2.29 bits per heavy atom. The molecule has 1 unspecified atom stereocenters. The number of hydroxylamine groups is 2. The molecule has 14 heavy (non-hydrogen) atoms. The molecule has 1 aromatic carbocycles. The van der Waals surface area contributed by atoms with Gasteiger partial charge in [-0.2, -0.15) is 0 Å². The van der Waals surface area contributed by atoms with Gasteiger partial charge in [0.2, 0.25) is 0 Å². The van der Waals surface area contributed by atoms with Gasteiger partial charge in [-0.05, 0) is 18.4 Å². The second-order valence-electron chi connectivity index (χ2n) is 4.19. The van der Waals surface area contributed by atoms with Crippen molar-refractivity contribution in [2.24, 2.45) is 5.92 Å². The summed E-state index contributed by atoms with van der Waals surface area (Å²) in [6.45, 7) is 6.54. The van der Waals surface area contributed by atoms with E-state index in [0.29, 0.717) is 18.2 Å². The molecule has 2 rings (SSSR count). The highest BCUT2D eigenvalue weighted by Gasteiger charge is 2.42. The fourth-order valence-electron chi connectivity index (χ4n) is 1.70. The molecule has 0 saturated carbocycles. The van der Waals surface area contributed by atoms with Crippen LogP contribution in [0.1, 0.15) is 32.4 Å². The molecule has 1 aromatic rings. The third-order valence-corrected chi connectivity index (χ3v) is 2.67. The van der Waals surface area contributed by atoms with Gasteiger partial charge in [0, 0.05) is 0 Å². The van der Waals surface area contributed by atoms with Crippen LogP contribution in [0.15, 0.2) is 30.3 Å². The molecule has 3 atom stereocenters. The van der Waals surface area contributed by atoms with Gasteiger partial charge < -0.3 is 0 Å². The molecular weight excluding hydrogens is 174 g/mol. The number of benzene rings is 1. The number of hydrogen-bond acceptors (Lipinski definition) is 2. The Balaban J connectivity index is 2.01. The smallest absolute Gasteiger partial charge is 0.157 e. The van der Waals surface area contributed by atoms with Crippen molar-refractivity contribution in [2.75, 3.05) is 0 Å². The van der Waals surface area contributed by atoms with Crippen molar-refractivity contribution in [2.45, 2.75) is 33.0 Å². The zero-order chi connectivity index (χ0) is 10.1. The summed E-state index contributed by atoms with van der Waals surface area (Å²) >= 11 is 0. The lowest BCUT2D eigenvalue weighted by Crippen LogP contribution is -2.11. The van der Waals surface area contributed by atoms with Gasteiger partial charge in [-0.1, -0.05) is 44.2 Å². The maximum absolute atomic E-state index is 5.53. The molecule has 1 aliphatic heterocycles. The molecule has 0 radical (unpaired) electrons. The molecule has 0 aromatic heterocycles. The first kappa shape index (κ1) is 9.69. The standard InChI is InChI=1S/C12H17NO/c1-9(2)12-13(14-12)10(3)11-7-5-4-6-8-11/h4-10,12H,1-3H3/t10-,12+,13?/m0/s1. The third kappa shape index (κ3) is 1.81. The average Bonchev–Trinajstić information content (AvgIpc) is 2.97. The predicted octanol–water partition coefficient (Wildman–Crippen LogP) is 2.98. The lowest BCUT2D eigenvalue weighted by molar-refractivity contribution is 0.155. The Morgan fingerprint density at radius 2 is 1.79 bits per heavy atom. The summed E-state index contributed by atoms with van der Waals surface area (Å²) in [5, 5.41) is 2.07. The van der Waals surface area contributed by atoms with Crippen LogP contribution < -0.4 is 0 Å². The largest absolute Gasteiger partial charge is 0.274 e. The fourth-order valence-corrected chi connectivity index (χ4v) is 1.70. The van der Waals surface area contributed by atoms with Crippen molar-refractivity contribution in [3.8, 4) is 0 Å². The van der Waals surface area contributed by atoms with E-state index >= 15 is 0 Å². The van der Waals surface area contributed by atoms with E-state index in [0.717, 1.165) is 0 Å². The maximum Gasteiger partial charge on any atom is 0.157 e. The van der Waals surface area contributed by atoms with Crippen molar-refractivity contribution in [1.82, 2.24) is 5.06 Å². The highest BCUT2D eigenvalue weighted by Crippen LogP contribution is 2.36. The van der Waals surface area contributed by atoms with Gasteiger partial charge in [0.15, 0.2) is 6.23 Å². The molecule has 1 aliphatic rings. The maximum atomic E-state index is 5.53. The number of hydrogen-bond donors (Lipinski definition) is 0. The summed E-state index contributed by atoms with van der Waals surface area (Å²) in [7, 11) is 0. The second kappa shape index (κ2) is 3.71. The van der Waals surface area contributed by atoms with Gasteiger partial charge in [0.25, 0.3) is 0 Å². The van der Waals surface area contributed by atoms with E-state index in [2.05, 4.69) is 50.1 Å². The molecule has 0 bridgehead atoms. The fraction of sp³-hybridized carbons (Fsp3) is 0.500. The van der Waals surface area contributed by atoms with Crippen LogP contribution in [-0.2, 0) is 4.84 Å². The minimum absolute atomic E-state index is 0.310. The lowest BCUT2D eigenvalue weighted by atomic mass is 10.1. The topological polar surface area (TPSA) is 15.5 Å². The average molecular weight is 191 g/mol. The minimum atomic E-state index is 0.310. The molecule has 76 valence electrons.